The van der Waals surface area contributed by atoms with Gasteiger partial charge in [-0.25, -0.2) is 0 Å². The molecule has 0 atom stereocenters. The summed E-state index contributed by atoms with van der Waals surface area (Å²) < 4.78 is 5.51. The van der Waals surface area contributed by atoms with Gasteiger partial charge in [-0.15, -0.1) is 10.2 Å². The zero-order valence-electron chi connectivity index (χ0n) is 14.3. The van der Waals surface area contributed by atoms with Crippen LogP contribution in [0.5, 0.6) is 5.88 Å². The van der Waals surface area contributed by atoms with Gasteiger partial charge in [0.25, 0.3) is 5.91 Å². The SMILES string of the molecule is Cc1ccc(-c2ccc(OCCNC(=O)c3ccccc3Cl)nn2)cc1. The average molecular weight is 368 g/mol. The van der Waals surface area contributed by atoms with Crippen molar-refractivity contribution in [2.24, 2.45) is 0 Å². The maximum Gasteiger partial charge on any atom is 0.252 e. The number of benzene rings is 2. The second-order valence-electron chi connectivity index (χ2n) is 5.71. The number of hydrogen-bond acceptors (Lipinski definition) is 4. The third kappa shape index (κ3) is 4.58. The Morgan fingerprint density at radius 1 is 1.04 bits per heavy atom. The molecule has 132 valence electrons. The normalized spacial score (nSPS) is 10.4. The van der Waals surface area contributed by atoms with Crippen molar-refractivity contribution in [1.29, 1.82) is 0 Å². The Labute approximate surface area is 157 Å². The number of hydrogen-bond donors (Lipinski definition) is 1. The first kappa shape index (κ1) is 17.9. The molecule has 26 heavy (non-hydrogen) atoms. The molecule has 0 saturated carbocycles. The van der Waals surface area contributed by atoms with Gasteiger partial charge in [0, 0.05) is 11.6 Å². The van der Waals surface area contributed by atoms with Crippen LogP contribution in [0.25, 0.3) is 11.3 Å². The van der Waals surface area contributed by atoms with Crippen molar-refractivity contribution in [2.75, 3.05) is 13.2 Å². The minimum atomic E-state index is -0.236. The van der Waals surface area contributed by atoms with E-state index in [1.165, 1.54) is 5.56 Å². The third-order valence-corrected chi connectivity index (χ3v) is 4.07. The molecule has 1 N–H and O–H groups in total. The summed E-state index contributed by atoms with van der Waals surface area (Å²) in [5.41, 5.74) is 3.42. The Morgan fingerprint density at radius 3 is 2.50 bits per heavy atom. The first-order chi connectivity index (χ1) is 12.6. The number of halogens is 1. The van der Waals surface area contributed by atoms with Gasteiger partial charge >= 0.3 is 0 Å². The van der Waals surface area contributed by atoms with Gasteiger partial charge in [-0.1, -0.05) is 53.6 Å². The molecular formula is C20H18ClN3O2. The van der Waals surface area contributed by atoms with Crippen molar-refractivity contribution in [3.05, 3.63) is 76.8 Å². The lowest BCUT2D eigenvalue weighted by Gasteiger charge is -2.08. The average Bonchev–Trinajstić information content (AvgIpc) is 2.66. The van der Waals surface area contributed by atoms with E-state index in [4.69, 9.17) is 16.3 Å². The summed E-state index contributed by atoms with van der Waals surface area (Å²) in [5.74, 6) is 0.174. The van der Waals surface area contributed by atoms with Crippen molar-refractivity contribution in [2.45, 2.75) is 6.92 Å². The smallest absolute Gasteiger partial charge is 0.252 e. The van der Waals surface area contributed by atoms with Crippen molar-refractivity contribution in [3.63, 3.8) is 0 Å². The summed E-state index contributed by atoms with van der Waals surface area (Å²) in [6.07, 6.45) is 0. The number of ether oxygens (including phenoxy) is 1. The monoisotopic (exact) mass is 367 g/mol. The maximum absolute atomic E-state index is 12.0. The number of aryl methyl sites for hydroxylation is 1. The van der Waals surface area contributed by atoms with Gasteiger partial charge in [-0.2, -0.15) is 0 Å². The molecule has 0 aliphatic heterocycles. The van der Waals surface area contributed by atoms with Crippen molar-refractivity contribution in [3.8, 4) is 17.1 Å². The van der Waals surface area contributed by atoms with Crippen LogP contribution in [0, 0.1) is 6.92 Å². The third-order valence-electron chi connectivity index (χ3n) is 3.74. The molecule has 0 bridgehead atoms. The number of carbonyl (C=O) groups is 1. The van der Waals surface area contributed by atoms with Crippen molar-refractivity contribution < 1.29 is 9.53 Å². The molecule has 6 heteroatoms. The predicted molar refractivity (Wildman–Crippen MR) is 101 cm³/mol. The van der Waals surface area contributed by atoms with Gasteiger partial charge in [0.1, 0.15) is 6.61 Å². The molecule has 0 aliphatic carbocycles. The number of carbonyl (C=O) groups excluding carboxylic acids is 1. The first-order valence-electron chi connectivity index (χ1n) is 8.20. The van der Waals surface area contributed by atoms with Gasteiger partial charge in [0.15, 0.2) is 0 Å². The summed E-state index contributed by atoms with van der Waals surface area (Å²) in [5, 5.41) is 11.4. The molecule has 0 spiro atoms. The molecule has 0 radical (unpaired) electrons. The Morgan fingerprint density at radius 2 is 1.81 bits per heavy atom. The molecule has 1 aromatic heterocycles. The van der Waals surface area contributed by atoms with Crippen LogP contribution in [0.15, 0.2) is 60.7 Å². The van der Waals surface area contributed by atoms with Crippen LogP contribution in [-0.4, -0.2) is 29.3 Å². The molecular weight excluding hydrogens is 350 g/mol. The first-order valence-corrected chi connectivity index (χ1v) is 8.57. The summed E-state index contributed by atoms with van der Waals surface area (Å²) in [7, 11) is 0. The fourth-order valence-corrected chi connectivity index (χ4v) is 2.56. The largest absolute Gasteiger partial charge is 0.475 e. The van der Waals surface area contributed by atoms with Gasteiger partial charge in [-0.05, 0) is 25.1 Å². The van der Waals surface area contributed by atoms with Gasteiger partial charge in [0.2, 0.25) is 5.88 Å². The van der Waals surface area contributed by atoms with Crippen LogP contribution in [0.1, 0.15) is 15.9 Å². The molecule has 3 rings (SSSR count). The summed E-state index contributed by atoms with van der Waals surface area (Å²) in [4.78, 5) is 12.0. The topological polar surface area (TPSA) is 64.1 Å². The van der Waals surface area contributed by atoms with Crippen LogP contribution >= 0.6 is 11.6 Å². The highest BCUT2D eigenvalue weighted by molar-refractivity contribution is 6.33. The van der Waals surface area contributed by atoms with Crippen LogP contribution in [0.4, 0.5) is 0 Å². The summed E-state index contributed by atoms with van der Waals surface area (Å²) in [6, 6.07) is 18.6. The van der Waals surface area contributed by atoms with E-state index in [9.17, 15) is 4.79 Å². The van der Waals surface area contributed by atoms with E-state index in [1.807, 2.05) is 37.3 Å². The van der Waals surface area contributed by atoms with Crippen molar-refractivity contribution in [1.82, 2.24) is 15.5 Å². The summed E-state index contributed by atoms with van der Waals surface area (Å²) >= 11 is 5.99. The standard InChI is InChI=1S/C20H18ClN3O2/c1-14-6-8-15(9-7-14)18-10-11-19(24-23-18)26-13-12-22-20(25)16-4-2-3-5-17(16)21/h2-11H,12-13H2,1H3,(H,22,25). The maximum atomic E-state index is 12.0. The minimum absolute atomic E-state index is 0.236. The lowest BCUT2D eigenvalue weighted by atomic mass is 10.1. The molecule has 3 aromatic rings. The van der Waals surface area contributed by atoms with Gasteiger partial charge in [0.05, 0.1) is 22.8 Å². The molecule has 2 aromatic carbocycles. The van der Waals surface area contributed by atoms with Crippen LogP contribution < -0.4 is 10.1 Å². The van der Waals surface area contributed by atoms with Crippen LogP contribution in [0.2, 0.25) is 5.02 Å². The predicted octanol–water partition coefficient (Wildman–Crippen LogP) is 3.91. The lowest BCUT2D eigenvalue weighted by Crippen LogP contribution is -2.28. The Hall–Kier alpha value is -2.92. The van der Waals surface area contributed by atoms with Crippen LogP contribution in [0.3, 0.4) is 0 Å². The molecule has 5 nitrogen and oxygen atoms in total. The second-order valence-corrected chi connectivity index (χ2v) is 6.11. The number of amides is 1. The quantitative estimate of drug-likeness (QED) is 0.671. The Balaban J connectivity index is 1.49. The molecule has 0 unspecified atom stereocenters. The molecule has 1 amide bonds. The number of rotatable bonds is 6. The van der Waals surface area contributed by atoms with Gasteiger partial charge < -0.3 is 10.1 Å². The minimum Gasteiger partial charge on any atom is -0.475 e. The highest BCUT2D eigenvalue weighted by Crippen LogP contribution is 2.18. The fraction of sp³-hybridized carbons (Fsp3) is 0.150. The molecule has 0 aliphatic rings. The van der Waals surface area contributed by atoms with Gasteiger partial charge in [-0.3, -0.25) is 4.79 Å². The zero-order valence-corrected chi connectivity index (χ0v) is 15.0. The van der Waals surface area contributed by atoms with E-state index in [-0.39, 0.29) is 12.5 Å². The molecule has 0 fully saturated rings. The molecule has 1 heterocycles. The lowest BCUT2D eigenvalue weighted by molar-refractivity contribution is 0.0946. The fourth-order valence-electron chi connectivity index (χ4n) is 2.34. The van der Waals surface area contributed by atoms with E-state index < -0.39 is 0 Å². The summed E-state index contributed by atoms with van der Waals surface area (Å²) in [6.45, 7) is 2.66. The van der Waals surface area contributed by atoms with Crippen LogP contribution in [-0.2, 0) is 0 Å². The van der Waals surface area contributed by atoms with E-state index in [1.54, 1.807) is 30.3 Å². The highest BCUT2D eigenvalue weighted by atomic mass is 35.5. The number of nitrogens with one attached hydrogen (secondary N) is 1. The number of nitrogens with zero attached hydrogens (tertiary/aromatic N) is 2. The van der Waals surface area contributed by atoms with E-state index >= 15 is 0 Å². The highest BCUT2D eigenvalue weighted by Gasteiger charge is 2.08. The second kappa shape index (κ2) is 8.45. The Bertz CT molecular complexity index is 880. The van der Waals surface area contributed by atoms with Crippen molar-refractivity contribution >= 4 is 17.5 Å². The molecule has 0 saturated heterocycles. The Kier molecular flexibility index (Phi) is 5.81. The zero-order chi connectivity index (χ0) is 18.4. The van der Waals surface area contributed by atoms with E-state index in [2.05, 4.69) is 15.5 Å². The van der Waals surface area contributed by atoms with E-state index in [0.717, 1.165) is 11.3 Å². The number of aromatic nitrogens is 2. The van der Waals surface area contributed by atoms with E-state index in [0.29, 0.717) is 23.0 Å².